The minimum atomic E-state index is -3.10. The number of alkyl halides is 2. The van der Waals surface area contributed by atoms with Crippen LogP contribution in [-0.4, -0.2) is 21.0 Å². The summed E-state index contributed by atoms with van der Waals surface area (Å²) in [6.45, 7) is 1.46. The summed E-state index contributed by atoms with van der Waals surface area (Å²) in [7, 11) is 0. The first kappa shape index (κ1) is 14.6. The quantitative estimate of drug-likeness (QED) is 0.686. The summed E-state index contributed by atoms with van der Waals surface area (Å²) in [5, 5.41) is 19.5. The number of hydrogen-bond acceptors (Lipinski definition) is 5. The van der Waals surface area contributed by atoms with Crippen LogP contribution in [0.4, 0.5) is 14.5 Å². The number of carboxylic acid groups (broad SMARTS) is 1. The summed E-state index contributed by atoms with van der Waals surface area (Å²) in [5.74, 6) is -2.95. The molecule has 0 aliphatic heterocycles. The number of oxazole rings is 1. The predicted octanol–water partition coefficient (Wildman–Crippen LogP) is 3.19. The lowest BCUT2D eigenvalue weighted by Crippen LogP contribution is -1.99. The zero-order valence-electron chi connectivity index (χ0n) is 10.5. The first-order chi connectivity index (χ1) is 9.81. The first-order valence-electron chi connectivity index (χ1n) is 5.59. The lowest BCUT2D eigenvalue weighted by atomic mass is 10.1. The van der Waals surface area contributed by atoms with Gasteiger partial charge in [-0.25, -0.2) is 18.6 Å². The number of rotatable bonds is 4. The summed E-state index contributed by atoms with van der Waals surface area (Å²) in [4.78, 5) is 24.4. The number of benzene rings is 1. The Morgan fingerprint density at radius 3 is 2.57 bits per heavy atom. The molecule has 2 aromatic rings. The van der Waals surface area contributed by atoms with Gasteiger partial charge in [0.2, 0.25) is 11.7 Å². The molecule has 110 valence electrons. The highest BCUT2D eigenvalue weighted by molar-refractivity contribution is 5.86. The molecule has 0 saturated carbocycles. The van der Waals surface area contributed by atoms with E-state index in [1.165, 1.54) is 19.1 Å². The van der Waals surface area contributed by atoms with Gasteiger partial charge in [0.05, 0.1) is 4.92 Å². The minimum Gasteiger partial charge on any atom is -0.475 e. The van der Waals surface area contributed by atoms with Gasteiger partial charge >= 0.3 is 5.97 Å². The van der Waals surface area contributed by atoms with Gasteiger partial charge in [-0.2, -0.15) is 0 Å². The van der Waals surface area contributed by atoms with E-state index in [-0.39, 0.29) is 22.7 Å². The second-order valence-electron chi connectivity index (χ2n) is 4.10. The van der Waals surface area contributed by atoms with Crippen LogP contribution < -0.4 is 0 Å². The van der Waals surface area contributed by atoms with Crippen LogP contribution in [-0.2, 0) is 0 Å². The topological polar surface area (TPSA) is 106 Å². The fourth-order valence-electron chi connectivity index (χ4n) is 1.75. The van der Waals surface area contributed by atoms with Gasteiger partial charge in [0.15, 0.2) is 5.69 Å². The Morgan fingerprint density at radius 2 is 2.14 bits per heavy atom. The molecule has 1 aromatic carbocycles. The van der Waals surface area contributed by atoms with E-state index in [1.54, 1.807) is 0 Å². The van der Waals surface area contributed by atoms with Crippen molar-refractivity contribution in [1.29, 1.82) is 0 Å². The number of hydrogen-bond donors (Lipinski definition) is 1. The van der Waals surface area contributed by atoms with Crippen molar-refractivity contribution < 1.29 is 28.0 Å². The second kappa shape index (κ2) is 5.27. The smallest absolute Gasteiger partial charge is 0.374 e. The fourth-order valence-corrected chi connectivity index (χ4v) is 1.75. The average Bonchev–Trinajstić information content (AvgIpc) is 2.83. The molecule has 0 saturated heterocycles. The van der Waals surface area contributed by atoms with Crippen molar-refractivity contribution in [2.45, 2.75) is 13.3 Å². The highest BCUT2D eigenvalue weighted by Gasteiger charge is 2.27. The van der Waals surface area contributed by atoms with Gasteiger partial charge in [0.1, 0.15) is 0 Å². The van der Waals surface area contributed by atoms with Crippen molar-refractivity contribution in [3.63, 3.8) is 0 Å². The second-order valence-corrected chi connectivity index (χ2v) is 4.10. The number of aromatic carboxylic acids is 1. The van der Waals surface area contributed by atoms with Crippen molar-refractivity contribution in [2.75, 3.05) is 0 Å². The van der Waals surface area contributed by atoms with Gasteiger partial charge < -0.3 is 9.52 Å². The number of nitrogens with zero attached hydrogens (tertiary/aromatic N) is 2. The highest BCUT2D eigenvalue weighted by atomic mass is 19.3. The molecule has 21 heavy (non-hydrogen) atoms. The Hall–Kier alpha value is -2.84. The van der Waals surface area contributed by atoms with Gasteiger partial charge in [-0.1, -0.05) is 0 Å². The van der Waals surface area contributed by atoms with E-state index in [1.807, 2.05) is 0 Å². The maximum atomic E-state index is 12.7. The van der Waals surface area contributed by atoms with E-state index >= 15 is 0 Å². The van der Waals surface area contributed by atoms with Crippen LogP contribution in [0.15, 0.2) is 22.6 Å². The van der Waals surface area contributed by atoms with Crippen LogP contribution in [0.2, 0.25) is 0 Å². The number of aromatic nitrogens is 1. The molecule has 0 radical (unpaired) electrons. The zero-order chi connectivity index (χ0) is 15.7. The summed E-state index contributed by atoms with van der Waals surface area (Å²) in [6.07, 6.45) is -3.10. The Balaban J connectivity index is 2.52. The molecule has 0 amide bonds. The maximum Gasteiger partial charge on any atom is 0.374 e. The van der Waals surface area contributed by atoms with Gasteiger partial charge in [-0.3, -0.25) is 10.1 Å². The summed E-state index contributed by atoms with van der Waals surface area (Å²) < 4.78 is 30.2. The Kier molecular flexibility index (Phi) is 3.66. The number of carbonyl (C=O) groups is 1. The molecule has 0 bridgehead atoms. The number of carboxylic acids is 1. The van der Waals surface area contributed by atoms with E-state index < -0.39 is 28.8 Å². The number of aryl methyl sites for hydroxylation is 1. The molecule has 0 unspecified atom stereocenters. The van der Waals surface area contributed by atoms with Gasteiger partial charge in [0.25, 0.3) is 12.1 Å². The summed E-state index contributed by atoms with van der Waals surface area (Å²) in [6, 6.07) is 3.72. The number of nitro groups is 1. The van der Waals surface area contributed by atoms with E-state index in [2.05, 4.69) is 4.98 Å². The molecular formula is C12H8F2N2O5. The lowest BCUT2D eigenvalue weighted by molar-refractivity contribution is -0.385. The zero-order valence-corrected chi connectivity index (χ0v) is 10.5. The molecule has 2 rings (SSSR count). The van der Waals surface area contributed by atoms with Crippen LogP contribution in [0.25, 0.3) is 11.5 Å². The molecule has 1 N–H and O–H groups in total. The average molecular weight is 298 g/mol. The third-order valence-corrected chi connectivity index (χ3v) is 2.69. The molecule has 0 aliphatic carbocycles. The van der Waals surface area contributed by atoms with E-state index in [9.17, 15) is 23.7 Å². The number of halogens is 2. The highest BCUT2D eigenvalue weighted by Crippen LogP contribution is 2.30. The molecule has 0 spiro atoms. The molecular weight excluding hydrogens is 290 g/mol. The predicted molar refractivity (Wildman–Crippen MR) is 65.2 cm³/mol. The standard InChI is InChI=1S/C12H8F2N2O5/c1-5-4-6(2-3-7(5)16(19)20)11-15-8(10(13)14)9(21-11)12(17)18/h2-4,10H,1H3,(H,17,18). The van der Waals surface area contributed by atoms with Crippen molar-refractivity contribution >= 4 is 11.7 Å². The first-order valence-corrected chi connectivity index (χ1v) is 5.59. The Labute approximate surface area is 116 Å². The minimum absolute atomic E-state index is 0.155. The molecule has 9 heteroatoms. The van der Waals surface area contributed by atoms with Crippen LogP contribution >= 0.6 is 0 Å². The largest absolute Gasteiger partial charge is 0.475 e. The third kappa shape index (κ3) is 2.71. The Bertz CT molecular complexity index is 726. The van der Waals surface area contributed by atoms with Gasteiger partial charge in [-0.05, 0) is 19.1 Å². The van der Waals surface area contributed by atoms with E-state index in [0.717, 1.165) is 6.07 Å². The summed E-state index contributed by atoms with van der Waals surface area (Å²) in [5.41, 5.74) is -0.690. The molecule has 7 nitrogen and oxygen atoms in total. The van der Waals surface area contributed by atoms with Crippen molar-refractivity contribution in [1.82, 2.24) is 4.98 Å². The van der Waals surface area contributed by atoms with Crippen LogP contribution in [0.1, 0.15) is 28.2 Å². The SMILES string of the molecule is Cc1cc(-c2nc(C(F)F)c(C(=O)O)o2)ccc1[N+](=O)[O-]. The molecule has 1 heterocycles. The molecule has 0 atom stereocenters. The molecule has 1 aromatic heterocycles. The van der Waals surface area contributed by atoms with Gasteiger partial charge in [-0.15, -0.1) is 0 Å². The van der Waals surface area contributed by atoms with Crippen LogP contribution in [0.5, 0.6) is 0 Å². The maximum absolute atomic E-state index is 12.7. The molecule has 0 fully saturated rings. The van der Waals surface area contributed by atoms with E-state index in [4.69, 9.17) is 9.52 Å². The third-order valence-electron chi connectivity index (χ3n) is 2.69. The van der Waals surface area contributed by atoms with Gasteiger partial charge in [0, 0.05) is 17.2 Å². The van der Waals surface area contributed by atoms with E-state index in [0.29, 0.717) is 0 Å². The molecule has 0 aliphatic rings. The Morgan fingerprint density at radius 1 is 1.48 bits per heavy atom. The van der Waals surface area contributed by atoms with Crippen LogP contribution in [0.3, 0.4) is 0 Å². The van der Waals surface area contributed by atoms with Crippen LogP contribution in [0, 0.1) is 17.0 Å². The number of nitro benzene ring substituents is 1. The van der Waals surface area contributed by atoms with Crippen molar-refractivity contribution in [2.24, 2.45) is 0 Å². The van der Waals surface area contributed by atoms with Crippen molar-refractivity contribution in [3.8, 4) is 11.5 Å². The summed E-state index contributed by atoms with van der Waals surface area (Å²) >= 11 is 0. The monoisotopic (exact) mass is 298 g/mol. The normalized spacial score (nSPS) is 10.9. The van der Waals surface area contributed by atoms with Crippen molar-refractivity contribution in [3.05, 3.63) is 45.3 Å². The fraction of sp³-hybridized carbons (Fsp3) is 0.167. The lowest BCUT2D eigenvalue weighted by Gasteiger charge is -1.99.